The third-order valence-electron chi connectivity index (χ3n) is 4.11. The minimum Gasteiger partial charge on any atom is -0.254 e. The average molecular weight is 320 g/mol. The molecule has 0 amide bonds. The van der Waals surface area contributed by atoms with Crippen molar-refractivity contribution in [3.63, 3.8) is 0 Å². The highest BCUT2D eigenvalue weighted by Gasteiger charge is 2.27. The molecule has 0 N–H and O–H groups in total. The molecule has 0 unspecified atom stereocenters. The Morgan fingerprint density at radius 1 is 0.652 bits per heavy atom. The number of benzene rings is 3. The van der Waals surface area contributed by atoms with Crippen molar-refractivity contribution in [3.8, 4) is 0 Å². The Labute approximate surface area is 140 Å². The van der Waals surface area contributed by atoms with E-state index in [1.54, 1.807) is 0 Å². The second-order valence-corrected chi connectivity index (χ2v) is 7.22. The third kappa shape index (κ3) is 3.59. The van der Waals surface area contributed by atoms with Crippen LogP contribution in [0.15, 0.2) is 95.9 Å². The van der Waals surface area contributed by atoms with E-state index in [0.29, 0.717) is 0 Å². The Morgan fingerprint density at radius 3 is 1.61 bits per heavy atom. The molecule has 3 atom stereocenters. The standard InChI is InChI=1S/C21H20OS/c1-17(18-11-5-2-6-12-18)21(19-13-7-3-8-14-19)23(22)20-15-9-4-10-16-20/h2-17,21H,1H3/t17-,21+,23-/m0/s1. The van der Waals surface area contributed by atoms with Gasteiger partial charge in [0.1, 0.15) is 0 Å². The summed E-state index contributed by atoms with van der Waals surface area (Å²) in [5.41, 5.74) is 2.33. The van der Waals surface area contributed by atoms with Gasteiger partial charge in [-0.1, -0.05) is 85.8 Å². The number of hydrogen-bond donors (Lipinski definition) is 0. The van der Waals surface area contributed by atoms with Crippen LogP contribution in [-0.2, 0) is 10.8 Å². The number of rotatable bonds is 5. The zero-order valence-electron chi connectivity index (χ0n) is 13.1. The lowest BCUT2D eigenvalue weighted by atomic mass is 9.93. The summed E-state index contributed by atoms with van der Waals surface area (Å²) in [6.07, 6.45) is 0. The van der Waals surface area contributed by atoms with Crippen molar-refractivity contribution in [2.75, 3.05) is 0 Å². The van der Waals surface area contributed by atoms with Crippen LogP contribution < -0.4 is 0 Å². The van der Waals surface area contributed by atoms with Crippen LogP contribution in [0.5, 0.6) is 0 Å². The zero-order valence-corrected chi connectivity index (χ0v) is 13.9. The van der Waals surface area contributed by atoms with Crippen molar-refractivity contribution in [2.45, 2.75) is 23.0 Å². The van der Waals surface area contributed by atoms with Gasteiger partial charge in [-0.25, -0.2) is 0 Å². The zero-order chi connectivity index (χ0) is 16.1. The molecule has 1 nitrogen and oxygen atoms in total. The van der Waals surface area contributed by atoms with E-state index in [1.807, 2.05) is 66.7 Å². The molecule has 0 aliphatic heterocycles. The van der Waals surface area contributed by atoms with Gasteiger partial charge >= 0.3 is 0 Å². The molecule has 23 heavy (non-hydrogen) atoms. The molecule has 0 fully saturated rings. The van der Waals surface area contributed by atoms with Crippen molar-refractivity contribution < 1.29 is 4.21 Å². The summed E-state index contributed by atoms with van der Waals surface area (Å²) in [6, 6.07) is 30.3. The van der Waals surface area contributed by atoms with Crippen LogP contribution in [0, 0.1) is 0 Å². The van der Waals surface area contributed by atoms with Crippen LogP contribution in [-0.4, -0.2) is 4.21 Å². The van der Waals surface area contributed by atoms with Crippen molar-refractivity contribution in [3.05, 3.63) is 102 Å². The van der Waals surface area contributed by atoms with Crippen molar-refractivity contribution in [2.24, 2.45) is 0 Å². The van der Waals surface area contributed by atoms with E-state index in [-0.39, 0.29) is 11.2 Å². The smallest absolute Gasteiger partial charge is 0.0709 e. The van der Waals surface area contributed by atoms with Crippen LogP contribution >= 0.6 is 0 Å². The number of hydrogen-bond acceptors (Lipinski definition) is 1. The van der Waals surface area contributed by atoms with E-state index in [0.717, 1.165) is 10.5 Å². The summed E-state index contributed by atoms with van der Waals surface area (Å²) in [7, 11) is -1.10. The fourth-order valence-electron chi connectivity index (χ4n) is 2.87. The van der Waals surface area contributed by atoms with E-state index >= 15 is 0 Å². The van der Waals surface area contributed by atoms with Gasteiger partial charge in [0.05, 0.1) is 16.0 Å². The fourth-order valence-corrected chi connectivity index (χ4v) is 4.52. The summed E-state index contributed by atoms with van der Waals surface area (Å²) >= 11 is 0. The van der Waals surface area contributed by atoms with E-state index < -0.39 is 10.8 Å². The van der Waals surface area contributed by atoms with Crippen LogP contribution in [0.1, 0.15) is 29.2 Å². The van der Waals surface area contributed by atoms with Crippen molar-refractivity contribution in [1.82, 2.24) is 0 Å². The summed E-state index contributed by atoms with van der Waals surface area (Å²) < 4.78 is 13.3. The molecule has 0 aliphatic rings. The Bertz CT molecular complexity index is 754. The Morgan fingerprint density at radius 2 is 1.09 bits per heavy atom. The molecule has 0 saturated heterocycles. The SMILES string of the molecule is C[C@@H](c1ccccc1)[C@H](c1ccccc1)[S@@](=O)c1ccccc1. The van der Waals surface area contributed by atoms with Gasteiger partial charge < -0.3 is 0 Å². The van der Waals surface area contributed by atoms with Gasteiger partial charge in [0, 0.05) is 4.90 Å². The van der Waals surface area contributed by atoms with Gasteiger partial charge in [-0.3, -0.25) is 4.21 Å². The van der Waals surface area contributed by atoms with Crippen LogP contribution in [0.25, 0.3) is 0 Å². The molecule has 0 heterocycles. The maximum absolute atomic E-state index is 13.3. The molecular formula is C21H20OS. The van der Waals surface area contributed by atoms with Gasteiger partial charge in [0.2, 0.25) is 0 Å². The van der Waals surface area contributed by atoms with Gasteiger partial charge in [-0.05, 0) is 29.2 Å². The first-order valence-electron chi connectivity index (χ1n) is 7.83. The maximum Gasteiger partial charge on any atom is 0.0709 e. The lowest BCUT2D eigenvalue weighted by Gasteiger charge is -2.24. The lowest BCUT2D eigenvalue weighted by molar-refractivity contribution is 0.649. The van der Waals surface area contributed by atoms with E-state index in [1.165, 1.54) is 5.56 Å². The molecule has 0 bridgehead atoms. The largest absolute Gasteiger partial charge is 0.254 e. The van der Waals surface area contributed by atoms with Crippen LogP contribution in [0.3, 0.4) is 0 Å². The van der Waals surface area contributed by atoms with Gasteiger partial charge in [-0.15, -0.1) is 0 Å². The van der Waals surface area contributed by atoms with E-state index in [4.69, 9.17) is 0 Å². The molecule has 2 heteroatoms. The molecule has 3 rings (SSSR count). The van der Waals surface area contributed by atoms with Gasteiger partial charge in [-0.2, -0.15) is 0 Å². The van der Waals surface area contributed by atoms with E-state index in [2.05, 4.69) is 31.2 Å². The molecule has 0 radical (unpaired) electrons. The van der Waals surface area contributed by atoms with Gasteiger partial charge in [0.25, 0.3) is 0 Å². The Kier molecular flexibility index (Phi) is 5.04. The minimum absolute atomic E-state index is 0.0685. The van der Waals surface area contributed by atoms with E-state index in [9.17, 15) is 4.21 Å². The van der Waals surface area contributed by atoms with Crippen molar-refractivity contribution in [1.29, 1.82) is 0 Å². The first-order chi connectivity index (χ1) is 11.3. The lowest BCUT2D eigenvalue weighted by Crippen LogP contribution is -2.14. The van der Waals surface area contributed by atoms with Crippen LogP contribution in [0.2, 0.25) is 0 Å². The molecule has 0 aliphatic carbocycles. The summed E-state index contributed by atoms with van der Waals surface area (Å²) in [5.74, 6) is 0.166. The second-order valence-electron chi connectivity index (χ2n) is 5.64. The maximum atomic E-state index is 13.3. The Hall–Kier alpha value is -2.19. The highest BCUT2D eigenvalue weighted by atomic mass is 32.2. The third-order valence-corrected chi connectivity index (χ3v) is 5.99. The van der Waals surface area contributed by atoms with Gasteiger partial charge in [0.15, 0.2) is 0 Å². The van der Waals surface area contributed by atoms with Crippen molar-refractivity contribution >= 4 is 10.8 Å². The minimum atomic E-state index is -1.10. The first kappa shape index (κ1) is 15.7. The molecule has 116 valence electrons. The molecule has 3 aromatic carbocycles. The average Bonchev–Trinajstić information content (AvgIpc) is 2.64. The molecule has 0 aromatic heterocycles. The molecule has 3 aromatic rings. The quantitative estimate of drug-likeness (QED) is 0.620. The second kappa shape index (κ2) is 7.38. The summed E-state index contributed by atoms with van der Waals surface area (Å²) in [6.45, 7) is 2.16. The normalized spacial score (nSPS) is 14.8. The summed E-state index contributed by atoms with van der Waals surface area (Å²) in [5, 5.41) is -0.0685. The monoisotopic (exact) mass is 320 g/mol. The fraction of sp³-hybridized carbons (Fsp3) is 0.143. The predicted octanol–water partition coefficient (Wildman–Crippen LogP) is 5.34. The Balaban J connectivity index is 2.03. The first-order valence-corrected chi connectivity index (χ1v) is 9.04. The molecular weight excluding hydrogens is 300 g/mol. The topological polar surface area (TPSA) is 17.1 Å². The highest BCUT2D eigenvalue weighted by Crippen LogP contribution is 2.37. The highest BCUT2D eigenvalue weighted by molar-refractivity contribution is 7.85. The molecule has 0 spiro atoms. The van der Waals surface area contributed by atoms with Crippen LogP contribution in [0.4, 0.5) is 0 Å². The molecule has 0 saturated carbocycles. The predicted molar refractivity (Wildman–Crippen MR) is 96.9 cm³/mol. The summed E-state index contributed by atoms with van der Waals surface area (Å²) in [4.78, 5) is 0.879.